The smallest absolute Gasteiger partial charge is 0.244 e. The number of rotatable bonds is 4. The van der Waals surface area contributed by atoms with E-state index in [0.29, 0.717) is 12.0 Å². The van der Waals surface area contributed by atoms with E-state index < -0.39 is 0 Å². The van der Waals surface area contributed by atoms with Crippen LogP contribution in [0.3, 0.4) is 0 Å². The Morgan fingerprint density at radius 1 is 1.47 bits per heavy atom. The van der Waals surface area contributed by atoms with Crippen molar-refractivity contribution in [2.45, 2.75) is 33.7 Å². The normalized spacial score (nSPS) is 26.7. The van der Waals surface area contributed by atoms with Crippen molar-refractivity contribution in [2.24, 2.45) is 10.9 Å². The van der Waals surface area contributed by atoms with Gasteiger partial charge in [-0.1, -0.05) is 18.7 Å². The van der Waals surface area contributed by atoms with E-state index >= 15 is 0 Å². The number of nitrogens with zero attached hydrogens (tertiary/aromatic N) is 2. The van der Waals surface area contributed by atoms with Crippen LogP contribution in [-0.2, 0) is 4.79 Å². The van der Waals surface area contributed by atoms with Gasteiger partial charge in [-0.05, 0) is 26.7 Å². The molecule has 1 rings (SSSR count). The molecule has 0 aromatic carbocycles. The quantitative estimate of drug-likeness (QED) is 0.831. The number of carbonyl (C=O) groups is 1. The van der Waals surface area contributed by atoms with Crippen molar-refractivity contribution in [3.63, 3.8) is 0 Å². The lowest BCUT2D eigenvalue weighted by Gasteiger charge is -2.28. The number of hydrogen-bond donors (Lipinski definition) is 1. The molecule has 0 aromatic rings. The van der Waals surface area contributed by atoms with Crippen LogP contribution < -0.4 is 5.32 Å². The van der Waals surface area contributed by atoms with Crippen LogP contribution in [0.4, 0.5) is 0 Å². The number of amides is 1. The number of aliphatic imine (C=N–C) groups is 1. The molecule has 0 saturated carbocycles. The number of likely N-dealkylation sites (N-methyl/N-ethyl adjacent to an activating group) is 1. The molecule has 2 unspecified atom stereocenters. The zero-order valence-corrected chi connectivity index (χ0v) is 12.0. The fourth-order valence-electron chi connectivity index (χ4n) is 1.64. The summed E-state index contributed by atoms with van der Waals surface area (Å²) in [6, 6.07) is 0.443. The summed E-state index contributed by atoms with van der Waals surface area (Å²) in [4.78, 5) is 17.9. The van der Waals surface area contributed by atoms with Gasteiger partial charge in [0.25, 0.3) is 0 Å². The van der Waals surface area contributed by atoms with Gasteiger partial charge in [-0.3, -0.25) is 9.79 Å². The standard InChI is InChI=1S/C12H23N3OS/c1-5-15(6-2)11(16)7-13-12-14-10(4)9(3)8-17-12/h9-10H,5-8H2,1-4H3,(H,13,14). The van der Waals surface area contributed by atoms with Crippen molar-refractivity contribution in [1.29, 1.82) is 0 Å². The maximum absolute atomic E-state index is 11.8. The largest absolute Gasteiger partial charge is 0.362 e. The maximum atomic E-state index is 11.8. The Kier molecular flexibility index (Phi) is 5.82. The highest BCUT2D eigenvalue weighted by molar-refractivity contribution is 8.13. The van der Waals surface area contributed by atoms with Gasteiger partial charge in [-0.2, -0.15) is 0 Å². The summed E-state index contributed by atoms with van der Waals surface area (Å²) >= 11 is 1.71. The van der Waals surface area contributed by atoms with E-state index in [9.17, 15) is 4.79 Å². The second-order valence-corrected chi connectivity index (χ2v) is 5.42. The zero-order chi connectivity index (χ0) is 12.8. The maximum Gasteiger partial charge on any atom is 0.244 e. The lowest BCUT2D eigenvalue weighted by molar-refractivity contribution is -0.129. The van der Waals surface area contributed by atoms with Gasteiger partial charge in [0.1, 0.15) is 6.54 Å². The van der Waals surface area contributed by atoms with Crippen LogP contribution in [0.5, 0.6) is 0 Å². The molecule has 17 heavy (non-hydrogen) atoms. The second-order valence-electron chi connectivity index (χ2n) is 4.41. The van der Waals surface area contributed by atoms with Crippen LogP contribution >= 0.6 is 11.8 Å². The highest BCUT2D eigenvalue weighted by atomic mass is 32.2. The van der Waals surface area contributed by atoms with Gasteiger partial charge in [0.15, 0.2) is 5.17 Å². The molecule has 0 spiro atoms. The number of thioether (sulfide) groups is 1. The zero-order valence-electron chi connectivity index (χ0n) is 11.2. The molecule has 0 radical (unpaired) electrons. The molecule has 1 heterocycles. The van der Waals surface area contributed by atoms with Crippen LogP contribution in [0.15, 0.2) is 4.99 Å². The van der Waals surface area contributed by atoms with Crippen molar-refractivity contribution in [3.05, 3.63) is 0 Å². The van der Waals surface area contributed by atoms with Crippen LogP contribution in [0, 0.1) is 5.92 Å². The lowest BCUT2D eigenvalue weighted by atomic mass is 10.1. The number of hydrogen-bond acceptors (Lipinski definition) is 3. The minimum absolute atomic E-state index is 0.108. The predicted octanol–water partition coefficient (Wildman–Crippen LogP) is 1.57. The summed E-state index contributed by atoms with van der Waals surface area (Å²) in [5, 5.41) is 4.25. The Hall–Kier alpha value is -0.710. The molecule has 0 aromatic heterocycles. The summed E-state index contributed by atoms with van der Waals surface area (Å²) in [5.41, 5.74) is 0. The van der Waals surface area contributed by atoms with Gasteiger partial charge in [0.2, 0.25) is 5.91 Å². The highest BCUT2D eigenvalue weighted by Crippen LogP contribution is 2.19. The third-order valence-electron chi connectivity index (χ3n) is 3.16. The van der Waals surface area contributed by atoms with Crippen LogP contribution in [0.25, 0.3) is 0 Å². The Morgan fingerprint density at radius 2 is 2.12 bits per heavy atom. The molecular formula is C12H23N3OS. The molecule has 98 valence electrons. The van der Waals surface area contributed by atoms with E-state index in [1.807, 2.05) is 18.7 Å². The monoisotopic (exact) mass is 257 g/mol. The fraction of sp³-hybridized carbons (Fsp3) is 0.833. The van der Waals surface area contributed by atoms with Gasteiger partial charge >= 0.3 is 0 Å². The molecule has 4 nitrogen and oxygen atoms in total. The number of carbonyl (C=O) groups excluding carboxylic acids is 1. The van der Waals surface area contributed by atoms with Crippen molar-refractivity contribution in [2.75, 3.05) is 25.4 Å². The first-order chi connectivity index (χ1) is 8.08. The summed E-state index contributed by atoms with van der Waals surface area (Å²) in [7, 11) is 0. The molecule has 1 aliphatic heterocycles. The van der Waals surface area contributed by atoms with Crippen molar-refractivity contribution < 1.29 is 4.79 Å². The van der Waals surface area contributed by atoms with Crippen LogP contribution in [0.1, 0.15) is 27.7 Å². The molecule has 1 N–H and O–H groups in total. The van der Waals surface area contributed by atoms with Crippen molar-refractivity contribution in [3.8, 4) is 0 Å². The van der Waals surface area contributed by atoms with Crippen LogP contribution in [0.2, 0.25) is 0 Å². The molecule has 1 fully saturated rings. The lowest BCUT2D eigenvalue weighted by Crippen LogP contribution is -2.42. The first-order valence-electron chi connectivity index (χ1n) is 6.30. The van der Waals surface area contributed by atoms with E-state index in [4.69, 9.17) is 0 Å². The Balaban J connectivity index is 2.46. The van der Waals surface area contributed by atoms with E-state index in [1.165, 1.54) is 0 Å². The van der Waals surface area contributed by atoms with Crippen molar-refractivity contribution in [1.82, 2.24) is 10.2 Å². The first kappa shape index (κ1) is 14.4. The summed E-state index contributed by atoms with van der Waals surface area (Å²) < 4.78 is 0. The van der Waals surface area contributed by atoms with Crippen LogP contribution in [-0.4, -0.2) is 47.4 Å². The minimum Gasteiger partial charge on any atom is -0.362 e. The van der Waals surface area contributed by atoms with E-state index in [1.54, 1.807) is 11.8 Å². The molecule has 1 saturated heterocycles. The molecule has 0 aliphatic carbocycles. The first-order valence-corrected chi connectivity index (χ1v) is 7.28. The minimum atomic E-state index is 0.108. The Morgan fingerprint density at radius 3 is 2.65 bits per heavy atom. The van der Waals surface area contributed by atoms with E-state index in [0.717, 1.165) is 24.0 Å². The Labute approximate surface area is 108 Å². The molecule has 1 aliphatic rings. The van der Waals surface area contributed by atoms with Gasteiger partial charge in [-0.25, -0.2) is 0 Å². The fourth-order valence-corrected chi connectivity index (χ4v) is 2.77. The SMILES string of the molecule is CCN(CC)C(=O)CN=C1NC(C)C(C)CS1. The molecule has 1 amide bonds. The average Bonchev–Trinajstić information content (AvgIpc) is 2.32. The van der Waals surface area contributed by atoms with Gasteiger partial charge < -0.3 is 10.2 Å². The molecule has 2 atom stereocenters. The molecule has 5 heteroatoms. The summed E-state index contributed by atoms with van der Waals surface area (Å²) in [6.07, 6.45) is 0. The molecular weight excluding hydrogens is 234 g/mol. The van der Waals surface area contributed by atoms with Gasteiger partial charge in [-0.15, -0.1) is 0 Å². The Bertz CT molecular complexity index is 289. The summed E-state index contributed by atoms with van der Waals surface area (Å²) in [6.45, 7) is 10.1. The van der Waals surface area contributed by atoms with E-state index in [2.05, 4.69) is 24.2 Å². The number of nitrogens with one attached hydrogen (secondary N) is 1. The highest BCUT2D eigenvalue weighted by Gasteiger charge is 2.20. The van der Waals surface area contributed by atoms with Gasteiger partial charge in [0, 0.05) is 24.9 Å². The molecule has 0 bridgehead atoms. The second kappa shape index (κ2) is 6.89. The predicted molar refractivity (Wildman–Crippen MR) is 74.4 cm³/mol. The summed E-state index contributed by atoms with van der Waals surface area (Å²) in [5.74, 6) is 1.83. The number of amidine groups is 1. The third kappa shape index (κ3) is 4.22. The van der Waals surface area contributed by atoms with Crippen molar-refractivity contribution >= 4 is 22.8 Å². The topological polar surface area (TPSA) is 44.7 Å². The third-order valence-corrected chi connectivity index (χ3v) is 4.37. The van der Waals surface area contributed by atoms with E-state index in [-0.39, 0.29) is 12.5 Å². The van der Waals surface area contributed by atoms with Gasteiger partial charge in [0.05, 0.1) is 0 Å². The average molecular weight is 257 g/mol.